The topological polar surface area (TPSA) is 79.7 Å². The number of carbonyl (C=O) groups excluding carboxylic acids is 1. The number of rotatable bonds is 6. The average molecular weight is 334 g/mol. The van der Waals surface area contributed by atoms with Crippen molar-refractivity contribution in [2.75, 3.05) is 18.6 Å². The Morgan fingerprint density at radius 1 is 1.30 bits per heavy atom. The number of thiazole rings is 1. The summed E-state index contributed by atoms with van der Waals surface area (Å²) < 4.78 is 5.07. The van der Waals surface area contributed by atoms with E-state index in [4.69, 9.17) is 9.84 Å². The van der Waals surface area contributed by atoms with Crippen molar-refractivity contribution in [3.05, 3.63) is 40.3 Å². The Bertz CT molecular complexity index is 694. The van der Waals surface area contributed by atoms with Crippen LogP contribution in [0.3, 0.4) is 0 Å². The summed E-state index contributed by atoms with van der Waals surface area (Å²) in [7, 11) is 1.68. The summed E-state index contributed by atoms with van der Waals surface area (Å²) in [5.41, 5.74) is 0.692. The number of aliphatic carboxylic acids is 1. The molecule has 0 aliphatic carbocycles. The second-order valence-electron chi connectivity index (χ2n) is 5.26. The van der Waals surface area contributed by atoms with Crippen molar-refractivity contribution in [1.82, 2.24) is 4.98 Å². The first-order chi connectivity index (χ1) is 10.9. The lowest BCUT2D eigenvalue weighted by atomic mass is 10.2. The Balaban J connectivity index is 2.07. The fourth-order valence-electron chi connectivity index (χ4n) is 1.85. The highest BCUT2D eigenvalue weighted by atomic mass is 32.1. The molecule has 1 aromatic carbocycles. The first-order valence-electron chi connectivity index (χ1n) is 7.07. The van der Waals surface area contributed by atoms with Gasteiger partial charge in [-0.3, -0.25) is 4.79 Å². The number of hydrogen-bond acceptors (Lipinski definition) is 5. The number of aromatic nitrogens is 1. The molecule has 122 valence electrons. The van der Waals surface area contributed by atoms with Crippen molar-refractivity contribution in [3.8, 4) is 5.75 Å². The summed E-state index contributed by atoms with van der Waals surface area (Å²) in [5.74, 6) is -0.435. The van der Waals surface area contributed by atoms with Gasteiger partial charge in [0.2, 0.25) is 0 Å². The van der Waals surface area contributed by atoms with Crippen LogP contribution in [0.4, 0.5) is 5.69 Å². The molecule has 7 heteroatoms. The molecule has 6 nitrogen and oxygen atoms in total. The van der Waals surface area contributed by atoms with E-state index in [0.717, 1.165) is 5.01 Å². The van der Waals surface area contributed by atoms with Crippen molar-refractivity contribution < 1.29 is 19.4 Å². The number of anilines is 1. The normalized spacial score (nSPS) is 10.6. The summed E-state index contributed by atoms with van der Waals surface area (Å²) in [4.78, 5) is 29.3. The standard InChI is InChI=1S/C16H18N2O4S/c1-10(2)15-17-8-13(23-15)16(21)18(3)11-4-6-12(7-5-11)22-9-14(19)20/h4-8,10H,9H2,1-3H3,(H,19,20). The van der Waals surface area contributed by atoms with Gasteiger partial charge >= 0.3 is 5.97 Å². The van der Waals surface area contributed by atoms with Crippen LogP contribution in [-0.4, -0.2) is 35.6 Å². The highest BCUT2D eigenvalue weighted by Crippen LogP contribution is 2.25. The molecule has 1 aromatic heterocycles. The number of amides is 1. The minimum absolute atomic E-state index is 0.131. The van der Waals surface area contributed by atoms with Gasteiger partial charge in [-0.2, -0.15) is 0 Å². The molecule has 2 rings (SSSR count). The van der Waals surface area contributed by atoms with E-state index in [-0.39, 0.29) is 11.8 Å². The van der Waals surface area contributed by atoms with Gasteiger partial charge in [0, 0.05) is 18.7 Å². The molecular formula is C16H18N2O4S. The largest absolute Gasteiger partial charge is 0.482 e. The first kappa shape index (κ1) is 17.0. The van der Waals surface area contributed by atoms with E-state index in [1.807, 2.05) is 13.8 Å². The molecular weight excluding hydrogens is 316 g/mol. The van der Waals surface area contributed by atoms with Gasteiger partial charge in [0.1, 0.15) is 10.6 Å². The molecule has 0 aliphatic rings. The minimum Gasteiger partial charge on any atom is -0.482 e. The maximum absolute atomic E-state index is 12.5. The van der Waals surface area contributed by atoms with Crippen molar-refractivity contribution in [2.45, 2.75) is 19.8 Å². The molecule has 0 saturated heterocycles. The molecule has 1 heterocycles. The lowest BCUT2D eigenvalue weighted by Crippen LogP contribution is -2.25. The van der Waals surface area contributed by atoms with Crippen molar-refractivity contribution in [2.24, 2.45) is 0 Å². The molecule has 0 bridgehead atoms. The van der Waals surface area contributed by atoms with E-state index in [1.54, 1.807) is 37.5 Å². The summed E-state index contributed by atoms with van der Waals surface area (Å²) in [6.45, 7) is 3.67. The molecule has 2 aromatic rings. The minimum atomic E-state index is -1.03. The van der Waals surface area contributed by atoms with Crippen molar-refractivity contribution in [3.63, 3.8) is 0 Å². The Kier molecular flexibility index (Phi) is 5.33. The van der Waals surface area contributed by atoms with E-state index in [2.05, 4.69) is 4.98 Å². The zero-order chi connectivity index (χ0) is 17.0. The van der Waals surface area contributed by atoms with E-state index in [9.17, 15) is 9.59 Å². The quantitative estimate of drug-likeness (QED) is 0.878. The third kappa shape index (κ3) is 4.29. The Morgan fingerprint density at radius 2 is 1.96 bits per heavy atom. The number of carbonyl (C=O) groups is 2. The third-order valence-corrected chi connectivity index (χ3v) is 4.41. The first-order valence-corrected chi connectivity index (χ1v) is 7.88. The second-order valence-corrected chi connectivity index (χ2v) is 6.32. The molecule has 23 heavy (non-hydrogen) atoms. The number of nitrogens with zero attached hydrogens (tertiary/aromatic N) is 2. The van der Waals surface area contributed by atoms with Crippen LogP contribution < -0.4 is 9.64 Å². The smallest absolute Gasteiger partial charge is 0.341 e. The predicted molar refractivity (Wildman–Crippen MR) is 88.5 cm³/mol. The van der Waals surface area contributed by atoms with E-state index in [1.165, 1.54) is 16.2 Å². The fourth-order valence-corrected chi connectivity index (χ4v) is 2.74. The second kappa shape index (κ2) is 7.23. The highest BCUT2D eigenvalue weighted by Gasteiger charge is 2.17. The number of carboxylic acids is 1. The molecule has 0 saturated carbocycles. The average Bonchev–Trinajstić information content (AvgIpc) is 3.02. The van der Waals surface area contributed by atoms with Crippen LogP contribution in [0.1, 0.15) is 34.4 Å². The molecule has 0 spiro atoms. The van der Waals surface area contributed by atoms with Crippen LogP contribution in [-0.2, 0) is 4.79 Å². The molecule has 0 aliphatic heterocycles. The zero-order valence-electron chi connectivity index (χ0n) is 13.1. The zero-order valence-corrected chi connectivity index (χ0v) is 14.0. The van der Waals surface area contributed by atoms with Crippen molar-refractivity contribution in [1.29, 1.82) is 0 Å². The van der Waals surface area contributed by atoms with Gasteiger partial charge in [-0.1, -0.05) is 13.8 Å². The third-order valence-electron chi connectivity index (χ3n) is 3.12. The van der Waals surface area contributed by atoms with Crippen LogP contribution in [0.5, 0.6) is 5.75 Å². The maximum Gasteiger partial charge on any atom is 0.341 e. The highest BCUT2D eigenvalue weighted by molar-refractivity contribution is 7.13. The summed E-state index contributed by atoms with van der Waals surface area (Å²) in [6.07, 6.45) is 1.60. The Labute approximate surface area is 138 Å². The number of benzene rings is 1. The number of ether oxygens (including phenoxy) is 1. The lowest BCUT2D eigenvalue weighted by Gasteiger charge is -2.16. The van der Waals surface area contributed by atoms with Gasteiger partial charge in [0.25, 0.3) is 5.91 Å². The molecule has 0 radical (unpaired) electrons. The van der Waals surface area contributed by atoms with E-state index < -0.39 is 12.6 Å². The van der Waals surface area contributed by atoms with Gasteiger partial charge in [0.05, 0.1) is 11.2 Å². The lowest BCUT2D eigenvalue weighted by molar-refractivity contribution is -0.139. The van der Waals surface area contributed by atoms with Crippen molar-refractivity contribution >= 4 is 28.9 Å². The molecule has 0 fully saturated rings. The molecule has 0 unspecified atom stereocenters. The predicted octanol–water partition coefficient (Wildman–Crippen LogP) is 3.01. The Morgan fingerprint density at radius 3 is 2.48 bits per heavy atom. The summed E-state index contributed by atoms with van der Waals surface area (Å²) >= 11 is 1.39. The Hall–Kier alpha value is -2.41. The van der Waals surface area contributed by atoms with E-state index >= 15 is 0 Å². The van der Waals surface area contributed by atoms with Crippen LogP contribution in [0, 0.1) is 0 Å². The maximum atomic E-state index is 12.5. The van der Waals surface area contributed by atoms with Gasteiger partial charge in [0.15, 0.2) is 6.61 Å². The molecule has 0 atom stereocenters. The molecule has 1 amide bonds. The molecule has 1 N–H and O–H groups in total. The van der Waals surface area contributed by atoms with E-state index in [0.29, 0.717) is 16.3 Å². The van der Waals surface area contributed by atoms with Gasteiger partial charge in [-0.05, 0) is 24.3 Å². The SMILES string of the molecule is CC(C)c1ncc(C(=O)N(C)c2ccc(OCC(=O)O)cc2)s1. The van der Waals surface area contributed by atoms with Crippen LogP contribution in [0.15, 0.2) is 30.5 Å². The van der Waals surface area contributed by atoms with Crippen LogP contribution in [0.25, 0.3) is 0 Å². The fraction of sp³-hybridized carbons (Fsp3) is 0.312. The number of hydrogen-bond donors (Lipinski definition) is 1. The monoisotopic (exact) mass is 334 g/mol. The number of carboxylic acid groups (broad SMARTS) is 1. The van der Waals surface area contributed by atoms with Gasteiger partial charge < -0.3 is 14.7 Å². The van der Waals surface area contributed by atoms with Crippen LogP contribution >= 0.6 is 11.3 Å². The van der Waals surface area contributed by atoms with Gasteiger partial charge in [-0.15, -0.1) is 11.3 Å². The summed E-state index contributed by atoms with van der Waals surface area (Å²) in [5, 5.41) is 9.50. The van der Waals surface area contributed by atoms with Gasteiger partial charge in [-0.25, -0.2) is 9.78 Å². The summed E-state index contributed by atoms with van der Waals surface area (Å²) in [6, 6.07) is 6.68. The van der Waals surface area contributed by atoms with Crippen LogP contribution in [0.2, 0.25) is 0 Å².